The predicted octanol–water partition coefficient (Wildman–Crippen LogP) is 3.56. The van der Waals surface area contributed by atoms with Gasteiger partial charge in [0.15, 0.2) is 5.82 Å². The number of aryl methyl sites for hydroxylation is 1. The van der Waals surface area contributed by atoms with Crippen molar-refractivity contribution in [2.45, 2.75) is 77.0 Å². The highest BCUT2D eigenvalue weighted by Crippen LogP contribution is 2.43. The maximum atomic E-state index is 13.5. The monoisotopic (exact) mass is 438 g/mol. The fourth-order valence-corrected chi connectivity index (χ4v) is 5.26. The van der Waals surface area contributed by atoms with Gasteiger partial charge >= 0.3 is 0 Å². The van der Waals surface area contributed by atoms with Gasteiger partial charge in [-0.05, 0) is 61.1 Å². The lowest BCUT2D eigenvalue weighted by molar-refractivity contribution is -0.130. The van der Waals surface area contributed by atoms with Gasteiger partial charge in [-0.25, -0.2) is 4.98 Å². The van der Waals surface area contributed by atoms with Gasteiger partial charge in [-0.1, -0.05) is 26.8 Å². The summed E-state index contributed by atoms with van der Waals surface area (Å²) in [7, 11) is 1.96. The Balaban J connectivity index is 1.41. The highest BCUT2D eigenvalue weighted by molar-refractivity contribution is 5.96. The van der Waals surface area contributed by atoms with Crippen LogP contribution >= 0.6 is 0 Å². The Kier molecular flexibility index (Phi) is 5.08. The number of fused-ring (bicyclic) bond motifs is 1. The molecule has 1 aliphatic carbocycles. The molecule has 172 valence electrons. The molecule has 1 saturated carbocycles. The molecule has 3 heterocycles. The summed E-state index contributed by atoms with van der Waals surface area (Å²) >= 11 is 0. The number of likely N-dealkylation sites (tertiary alicyclic amines) is 1. The van der Waals surface area contributed by atoms with Crippen LogP contribution in [0.25, 0.3) is 11.0 Å². The highest BCUT2D eigenvalue weighted by Gasteiger charge is 2.37. The van der Waals surface area contributed by atoms with Crippen LogP contribution in [0.15, 0.2) is 12.1 Å². The second-order valence-electron chi connectivity index (χ2n) is 10.7. The van der Waals surface area contributed by atoms with E-state index in [4.69, 9.17) is 9.72 Å². The smallest absolute Gasteiger partial charge is 0.289 e. The average Bonchev–Trinajstić information content (AvgIpc) is 3.48. The van der Waals surface area contributed by atoms with E-state index >= 15 is 0 Å². The molecule has 1 aromatic heterocycles. The van der Waals surface area contributed by atoms with Crippen molar-refractivity contribution in [3.05, 3.63) is 29.1 Å². The number of aromatic nitrogens is 2. The van der Waals surface area contributed by atoms with Gasteiger partial charge in [0.1, 0.15) is 12.8 Å². The van der Waals surface area contributed by atoms with Gasteiger partial charge < -0.3 is 19.1 Å². The lowest BCUT2D eigenvalue weighted by atomic mass is 9.84. The molecule has 0 spiro atoms. The number of hydrogen-bond donors (Lipinski definition) is 0. The summed E-state index contributed by atoms with van der Waals surface area (Å²) in [5.41, 5.74) is 4.53. The molecule has 3 aliphatic rings. The van der Waals surface area contributed by atoms with E-state index in [0.717, 1.165) is 23.9 Å². The number of rotatable bonds is 3. The number of ether oxygens (including phenoxy) is 1. The molecule has 1 atom stereocenters. The van der Waals surface area contributed by atoms with Crippen molar-refractivity contribution in [3.63, 3.8) is 0 Å². The van der Waals surface area contributed by atoms with Crippen LogP contribution in [0, 0.1) is 0 Å². The first-order chi connectivity index (χ1) is 15.1. The summed E-state index contributed by atoms with van der Waals surface area (Å²) in [5.74, 6) is 1.19. The van der Waals surface area contributed by atoms with Crippen LogP contribution in [0.4, 0.5) is 0 Å². The zero-order valence-electron chi connectivity index (χ0n) is 19.9. The zero-order chi connectivity index (χ0) is 22.8. The van der Waals surface area contributed by atoms with Gasteiger partial charge in [0, 0.05) is 26.2 Å². The molecule has 0 bridgehead atoms. The van der Waals surface area contributed by atoms with E-state index in [0.29, 0.717) is 24.8 Å². The van der Waals surface area contributed by atoms with Crippen molar-refractivity contribution in [1.29, 1.82) is 0 Å². The third-order valence-corrected chi connectivity index (χ3v) is 7.33. The van der Waals surface area contributed by atoms with Crippen molar-refractivity contribution < 1.29 is 14.3 Å². The van der Waals surface area contributed by atoms with Crippen molar-refractivity contribution >= 4 is 22.8 Å². The summed E-state index contributed by atoms with van der Waals surface area (Å²) in [6, 6.07) is 4.68. The molecule has 7 nitrogen and oxygen atoms in total. The third kappa shape index (κ3) is 3.60. The van der Waals surface area contributed by atoms with Gasteiger partial charge in [-0.3, -0.25) is 9.59 Å². The van der Waals surface area contributed by atoms with Gasteiger partial charge in [-0.15, -0.1) is 0 Å². The Morgan fingerprint density at radius 2 is 1.81 bits per heavy atom. The van der Waals surface area contributed by atoms with E-state index in [1.807, 2.05) is 28.3 Å². The molecule has 2 amide bonds. The molecule has 2 saturated heterocycles. The Morgan fingerprint density at radius 1 is 1.12 bits per heavy atom. The SMILES string of the molecule is CC1OCC(=O)N1C1CCN(C(=O)c2nc3c(C(C)(C)C)cc(C4CC4)cc3n2C)CC1. The first-order valence-corrected chi connectivity index (χ1v) is 11.9. The molecule has 2 aliphatic heterocycles. The Bertz CT molecular complexity index is 1070. The van der Waals surface area contributed by atoms with Crippen LogP contribution in [0.1, 0.15) is 81.0 Å². The standard InChI is InChI=1S/C25H34N4O3/c1-15-29(21(30)14-32-15)18-8-10-28(11-9-18)24(31)23-26-22-19(25(2,3)4)12-17(16-6-7-16)13-20(22)27(23)5/h12-13,15-16,18H,6-11,14H2,1-5H3. The van der Waals surface area contributed by atoms with E-state index in [-0.39, 0.29) is 36.1 Å². The van der Waals surface area contributed by atoms with Gasteiger partial charge in [-0.2, -0.15) is 0 Å². The second kappa shape index (κ2) is 7.58. The maximum absolute atomic E-state index is 13.5. The number of imidazole rings is 1. The molecule has 0 N–H and O–H groups in total. The minimum atomic E-state index is -0.175. The van der Waals surface area contributed by atoms with Gasteiger partial charge in [0.25, 0.3) is 11.8 Å². The number of nitrogens with zero attached hydrogens (tertiary/aromatic N) is 4. The Morgan fingerprint density at radius 3 is 2.38 bits per heavy atom. The molecule has 2 aromatic rings. The quantitative estimate of drug-likeness (QED) is 0.735. The van der Waals surface area contributed by atoms with E-state index in [1.165, 1.54) is 24.0 Å². The molecule has 5 rings (SSSR count). The molecule has 0 radical (unpaired) electrons. The first-order valence-electron chi connectivity index (χ1n) is 11.9. The van der Waals surface area contributed by atoms with E-state index in [1.54, 1.807) is 0 Å². The normalized spacial score (nSPS) is 22.9. The van der Waals surface area contributed by atoms with E-state index < -0.39 is 0 Å². The van der Waals surface area contributed by atoms with Crippen LogP contribution in [0.5, 0.6) is 0 Å². The fraction of sp³-hybridized carbons (Fsp3) is 0.640. The van der Waals surface area contributed by atoms with Crippen LogP contribution in [0.2, 0.25) is 0 Å². The molecule has 3 fully saturated rings. The highest BCUT2D eigenvalue weighted by atomic mass is 16.5. The molecule has 1 unspecified atom stereocenters. The van der Waals surface area contributed by atoms with Crippen molar-refractivity contribution in [1.82, 2.24) is 19.4 Å². The summed E-state index contributed by atoms with van der Waals surface area (Å²) in [5, 5.41) is 0. The van der Waals surface area contributed by atoms with Crippen LogP contribution < -0.4 is 0 Å². The average molecular weight is 439 g/mol. The molecular formula is C25H34N4O3. The summed E-state index contributed by atoms with van der Waals surface area (Å²) in [6.45, 7) is 9.98. The molecule has 1 aromatic carbocycles. The lowest BCUT2D eigenvalue weighted by Gasteiger charge is -2.37. The van der Waals surface area contributed by atoms with Crippen molar-refractivity contribution in [3.8, 4) is 0 Å². The van der Waals surface area contributed by atoms with Crippen LogP contribution in [-0.4, -0.2) is 63.1 Å². The molecular weight excluding hydrogens is 404 g/mol. The molecule has 7 heteroatoms. The van der Waals surface area contributed by atoms with E-state index in [2.05, 4.69) is 32.9 Å². The number of benzene rings is 1. The Hall–Kier alpha value is -2.41. The number of piperidine rings is 1. The summed E-state index contributed by atoms with van der Waals surface area (Å²) < 4.78 is 7.45. The van der Waals surface area contributed by atoms with Crippen molar-refractivity contribution in [2.24, 2.45) is 7.05 Å². The lowest BCUT2D eigenvalue weighted by Crippen LogP contribution is -2.49. The predicted molar refractivity (Wildman–Crippen MR) is 123 cm³/mol. The summed E-state index contributed by atoms with van der Waals surface area (Å²) in [6.07, 6.45) is 3.86. The topological polar surface area (TPSA) is 67.7 Å². The van der Waals surface area contributed by atoms with Crippen LogP contribution in [0.3, 0.4) is 0 Å². The van der Waals surface area contributed by atoms with Gasteiger partial charge in [0.05, 0.1) is 11.0 Å². The minimum absolute atomic E-state index is 0.0213. The number of hydrogen-bond acceptors (Lipinski definition) is 4. The van der Waals surface area contributed by atoms with Crippen LogP contribution in [-0.2, 0) is 22.0 Å². The maximum Gasteiger partial charge on any atom is 0.289 e. The van der Waals surface area contributed by atoms with E-state index in [9.17, 15) is 9.59 Å². The summed E-state index contributed by atoms with van der Waals surface area (Å²) in [4.78, 5) is 34.3. The second-order valence-corrected chi connectivity index (χ2v) is 10.7. The van der Waals surface area contributed by atoms with Crippen molar-refractivity contribution in [2.75, 3.05) is 19.7 Å². The third-order valence-electron chi connectivity index (χ3n) is 7.33. The largest absolute Gasteiger partial charge is 0.349 e. The Labute approximate surface area is 189 Å². The zero-order valence-corrected chi connectivity index (χ0v) is 19.9. The number of amides is 2. The number of carbonyl (C=O) groups excluding carboxylic acids is 2. The number of carbonyl (C=O) groups is 2. The van der Waals surface area contributed by atoms with Gasteiger partial charge in [0.2, 0.25) is 0 Å². The first kappa shape index (κ1) is 21.4. The molecule has 32 heavy (non-hydrogen) atoms. The fourth-order valence-electron chi connectivity index (χ4n) is 5.26. The minimum Gasteiger partial charge on any atom is -0.349 e.